The average Bonchev–Trinajstić information content (AvgIpc) is 3.12. The minimum absolute atomic E-state index is 0.0247. The molecule has 0 saturated heterocycles. The zero-order chi connectivity index (χ0) is 20.1. The second kappa shape index (κ2) is 9.02. The monoisotopic (exact) mass is 394 g/mol. The zero-order valence-corrected chi connectivity index (χ0v) is 17.6. The van der Waals surface area contributed by atoms with Gasteiger partial charge in [0, 0.05) is 5.38 Å². The van der Waals surface area contributed by atoms with Gasteiger partial charge in [-0.1, -0.05) is 35.9 Å². The number of aromatic nitrogens is 1. The van der Waals surface area contributed by atoms with Crippen molar-refractivity contribution in [1.29, 1.82) is 0 Å². The first kappa shape index (κ1) is 20.1. The number of ether oxygens (including phenoxy) is 1. The summed E-state index contributed by atoms with van der Waals surface area (Å²) in [6.45, 7) is 8.72. The Morgan fingerprint density at radius 2 is 2.00 bits per heavy atom. The number of thiazole rings is 1. The van der Waals surface area contributed by atoms with Gasteiger partial charge in [0.25, 0.3) is 0 Å². The summed E-state index contributed by atoms with van der Waals surface area (Å²) < 4.78 is 5.69. The third-order valence-electron chi connectivity index (χ3n) is 4.59. The number of aryl methyl sites for hydroxylation is 2. The third kappa shape index (κ3) is 4.78. The Morgan fingerprint density at radius 1 is 1.21 bits per heavy atom. The molecule has 0 fully saturated rings. The zero-order valence-electron chi connectivity index (χ0n) is 16.8. The smallest absolute Gasteiger partial charge is 0.226 e. The van der Waals surface area contributed by atoms with Crippen LogP contribution in [0.3, 0.4) is 0 Å². The number of nitrogens with one attached hydrogen (secondary N) is 1. The standard InChI is InChI=1S/C23H26N2O2S/c1-5-27-21-9-7-6-8-19(21)23-25-18(14-28-23)13-22(26)24-17(4)20-12-15(2)10-11-16(20)3/h6-12,14,17H,5,13H2,1-4H3,(H,24,26). The number of carbonyl (C=O) groups is 1. The highest BCUT2D eigenvalue weighted by molar-refractivity contribution is 7.13. The number of hydrogen-bond acceptors (Lipinski definition) is 4. The van der Waals surface area contributed by atoms with E-state index < -0.39 is 0 Å². The van der Waals surface area contributed by atoms with Gasteiger partial charge in [-0.15, -0.1) is 11.3 Å². The van der Waals surface area contributed by atoms with Gasteiger partial charge in [-0.25, -0.2) is 4.98 Å². The van der Waals surface area contributed by atoms with Crippen molar-refractivity contribution >= 4 is 17.2 Å². The van der Waals surface area contributed by atoms with Gasteiger partial charge < -0.3 is 10.1 Å². The van der Waals surface area contributed by atoms with Gasteiger partial charge in [0.15, 0.2) is 0 Å². The van der Waals surface area contributed by atoms with Gasteiger partial charge in [0.05, 0.1) is 30.3 Å². The molecular weight excluding hydrogens is 368 g/mol. The van der Waals surface area contributed by atoms with Crippen LogP contribution in [0.15, 0.2) is 47.8 Å². The summed E-state index contributed by atoms with van der Waals surface area (Å²) in [4.78, 5) is 17.2. The maximum Gasteiger partial charge on any atom is 0.226 e. The molecule has 0 saturated carbocycles. The second-order valence-electron chi connectivity index (χ2n) is 6.90. The van der Waals surface area contributed by atoms with Crippen LogP contribution in [0.1, 0.15) is 42.3 Å². The van der Waals surface area contributed by atoms with Crippen LogP contribution in [-0.2, 0) is 11.2 Å². The van der Waals surface area contributed by atoms with Crippen molar-refractivity contribution in [2.75, 3.05) is 6.61 Å². The quantitative estimate of drug-likeness (QED) is 0.596. The van der Waals surface area contributed by atoms with Crippen LogP contribution >= 0.6 is 11.3 Å². The van der Waals surface area contributed by atoms with Crippen LogP contribution < -0.4 is 10.1 Å². The Balaban J connectivity index is 1.68. The number of amides is 1. The molecule has 4 nitrogen and oxygen atoms in total. The van der Waals surface area contributed by atoms with Gasteiger partial charge in [0.1, 0.15) is 10.8 Å². The maximum atomic E-state index is 12.5. The molecule has 1 amide bonds. The first-order valence-electron chi connectivity index (χ1n) is 9.51. The molecular formula is C23H26N2O2S. The first-order chi connectivity index (χ1) is 13.5. The van der Waals surface area contributed by atoms with Crippen molar-refractivity contribution in [2.45, 2.75) is 40.2 Å². The highest BCUT2D eigenvalue weighted by atomic mass is 32.1. The van der Waals surface area contributed by atoms with Gasteiger partial charge in [-0.3, -0.25) is 4.79 Å². The van der Waals surface area contributed by atoms with E-state index in [1.807, 2.05) is 43.5 Å². The van der Waals surface area contributed by atoms with Crippen molar-refractivity contribution in [1.82, 2.24) is 10.3 Å². The molecule has 0 aliphatic rings. The Hall–Kier alpha value is -2.66. The number of hydrogen-bond donors (Lipinski definition) is 1. The molecule has 1 heterocycles. The summed E-state index contributed by atoms with van der Waals surface area (Å²) in [5.41, 5.74) is 5.26. The molecule has 5 heteroatoms. The number of rotatable bonds is 7. The van der Waals surface area contributed by atoms with Crippen LogP contribution in [0.4, 0.5) is 0 Å². The lowest BCUT2D eigenvalue weighted by atomic mass is 10.00. The van der Waals surface area contributed by atoms with Gasteiger partial charge in [-0.2, -0.15) is 0 Å². The van der Waals surface area contributed by atoms with Gasteiger partial charge >= 0.3 is 0 Å². The maximum absolute atomic E-state index is 12.5. The molecule has 0 aliphatic heterocycles. The van der Waals surface area contributed by atoms with Crippen LogP contribution in [0, 0.1) is 13.8 Å². The molecule has 3 aromatic rings. The van der Waals surface area contributed by atoms with E-state index in [1.54, 1.807) is 0 Å². The fraction of sp³-hybridized carbons (Fsp3) is 0.304. The highest BCUT2D eigenvalue weighted by Gasteiger charge is 2.15. The highest BCUT2D eigenvalue weighted by Crippen LogP contribution is 2.32. The Bertz CT molecular complexity index is 965. The number of nitrogens with zero attached hydrogens (tertiary/aromatic N) is 1. The second-order valence-corrected chi connectivity index (χ2v) is 7.76. The molecule has 28 heavy (non-hydrogen) atoms. The SMILES string of the molecule is CCOc1ccccc1-c1nc(CC(=O)NC(C)c2cc(C)ccc2C)cs1. The Morgan fingerprint density at radius 3 is 2.79 bits per heavy atom. The topological polar surface area (TPSA) is 51.2 Å². The molecule has 0 spiro atoms. The fourth-order valence-electron chi connectivity index (χ4n) is 3.20. The first-order valence-corrected chi connectivity index (χ1v) is 10.4. The van der Waals surface area contributed by atoms with E-state index in [9.17, 15) is 4.79 Å². The Labute approximate surface area is 170 Å². The van der Waals surface area contributed by atoms with Crippen LogP contribution in [0.2, 0.25) is 0 Å². The largest absolute Gasteiger partial charge is 0.493 e. The lowest BCUT2D eigenvalue weighted by molar-refractivity contribution is -0.121. The normalized spacial score (nSPS) is 11.9. The molecule has 0 bridgehead atoms. The predicted molar refractivity (Wildman–Crippen MR) is 115 cm³/mol. The van der Waals surface area contributed by atoms with Crippen LogP contribution in [0.5, 0.6) is 5.75 Å². The van der Waals surface area contributed by atoms with Gasteiger partial charge in [-0.05, 0) is 51.0 Å². The lowest BCUT2D eigenvalue weighted by Crippen LogP contribution is -2.28. The predicted octanol–water partition coefficient (Wildman–Crippen LogP) is 5.25. The summed E-state index contributed by atoms with van der Waals surface area (Å²) in [6.07, 6.45) is 0.266. The van der Waals surface area contributed by atoms with Crippen molar-refractivity contribution < 1.29 is 9.53 Å². The number of carbonyl (C=O) groups excluding carboxylic acids is 1. The number of para-hydroxylation sites is 1. The molecule has 1 aromatic heterocycles. The minimum Gasteiger partial charge on any atom is -0.493 e. The molecule has 146 valence electrons. The molecule has 2 aromatic carbocycles. The molecule has 1 unspecified atom stereocenters. The molecule has 1 N–H and O–H groups in total. The summed E-state index contributed by atoms with van der Waals surface area (Å²) in [5.74, 6) is 0.794. The summed E-state index contributed by atoms with van der Waals surface area (Å²) in [7, 11) is 0. The van der Waals surface area contributed by atoms with Crippen molar-refractivity contribution in [2.24, 2.45) is 0 Å². The summed E-state index contributed by atoms with van der Waals surface area (Å²) in [6, 6.07) is 14.1. The molecule has 0 radical (unpaired) electrons. The van der Waals surface area contributed by atoms with Crippen LogP contribution in [0.25, 0.3) is 10.6 Å². The van der Waals surface area contributed by atoms with Crippen molar-refractivity contribution in [3.05, 3.63) is 70.2 Å². The van der Waals surface area contributed by atoms with Gasteiger partial charge in [0.2, 0.25) is 5.91 Å². The lowest BCUT2D eigenvalue weighted by Gasteiger charge is -2.17. The average molecular weight is 395 g/mol. The van der Waals surface area contributed by atoms with E-state index in [1.165, 1.54) is 22.5 Å². The molecule has 1 atom stereocenters. The summed E-state index contributed by atoms with van der Waals surface area (Å²) >= 11 is 1.53. The summed E-state index contributed by atoms with van der Waals surface area (Å²) in [5, 5.41) is 5.91. The van der Waals surface area contributed by atoms with Crippen molar-refractivity contribution in [3.63, 3.8) is 0 Å². The van der Waals surface area contributed by atoms with E-state index in [0.29, 0.717) is 6.61 Å². The minimum atomic E-state index is -0.0378. The fourth-order valence-corrected chi connectivity index (χ4v) is 4.05. The Kier molecular flexibility index (Phi) is 6.47. The van der Waals surface area contributed by atoms with E-state index in [-0.39, 0.29) is 18.4 Å². The van der Waals surface area contributed by atoms with E-state index in [2.05, 4.69) is 42.3 Å². The third-order valence-corrected chi connectivity index (χ3v) is 5.51. The number of benzene rings is 2. The van der Waals surface area contributed by atoms with Crippen molar-refractivity contribution in [3.8, 4) is 16.3 Å². The van der Waals surface area contributed by atoms with Crippen LogP contribution in [-0.4, -0.2) is 17.5 Å². The van der Waals surface area contributed by atoms with E-state index >= 15 is 0 Å². The molecule has 0 aliphatic carbocycles. The van der Waals surface area contributed by atoms with E-state index in [4.69, 9.17) is 4.74 Å². The van der Waals surface area contributed by atoms with E-state index in [0.717, 1.165) is 27.6 Å². The molecule has 3 rings (SSSR count).